The van der Waals surface area contributed by atoms with Crippen molar-refractivity contribution in [1.82, 2.24) is 0 Å². The molecule has 0 spiro atoms. The summed E-state index contributed by atoms with van der Waals surface area (Å²) < 4.78 is 0. The van der Waals surface area contributed by atoms with Gasteiger partial charge in [0.1, 0.15) is 5.78 Å². The Morgan fingerprint density at radius 1 is 1.77 bits per heavy atom. The number of rotatable bonds is 2. The monoisotopic (exact) mass is 178 g/mol. The Labute approximate surface area is 80.5 Å². The number of hydrogen-bond donors (Lipinski definition) is 0. The van der Waals surface area contributed by atoms with E-state index in [0.717, 1.165) is 12.8 Å². The second kappa shape index (κ2) is 3.49. The Balaban J connectivity index is 3.03. The fourth-order valence-corrected chi connectivity index (χ4v) is 2.22. The summed E-state index contributed by atoms with van der Waals surface area (Å²) in [7, 11) is 0. The molecule has 0 saturated carbocycles. The first-order valence-electron chi connectivity index (χ1n) is 4.85. The van der Waals surface area contributed by atoms with Crippen LogP contribution in [0.1, 0.15) is 33.6 Å². The number of allylic oxidation sites excluding steroid dienone is 3. The number of ketones is 1. The van der Waals surface area contributed by atoms with Gasteiger partial charge < -0.3 is 0 Å². The van der Waals surface area contributed by atoms with E-state index >= 15 is 0 Å². The second-order valence-corrected chi connectivity index (χ2v) is 4.10. The predicted molar refractivity (Wildman–Crippen MR) is 55.5 cm³/mol. The van der Waals surface area contributed by atoms with Crippen LogP contribution in [0.2, 0.25) is 0 Å². The molecule has 1 nitrogen and oxygen atoms in total. The van der Waals surface area contributed by atoms with E-state index in [1.807, 2.05) is 6.08 Å². The molecule has 2 atom stereocenters. The topological polar surface area (TPSA) is 17.1 Å². The normalized spacial score (nSPS) is 33.8. The summed E-state index contributed by atoms with van der Waals surface area (Å²) in [5.74, 6) is 0.551. The molecule has 0 heterocycles. The molecular weight excluding hydrogens is 160 g/mol. The van der Waals surface area contributed by atoms with E-state index < -0.39 is 0 Å². The average molecular weight is 178 g/mol. The van der Waals surface area contributed by atoms with Gasteiger partial charge in [-0.1, -0.05) is 24.6 Å². The standard InChI is InChI=1S/C12H18O/c1-5-12(11(4)13)7-6-9(2)8-10(12)3/h5,8,10H,1,6-7H2,2-4H3. The van der Waals surface area contributed by atoms with Gasteiger partial charge in [-0.25, -0.2) is 0 Å². The quantitative estimate of drug-likeness (QED) is 0.594. The van der Waals surface area contributed by atoms with Crippen LogP contribution >= 0.6 is 0 Å². The van der Waals surface area contributed by atoms with Crippen LogP contribution in [0.5, 0.6) is 0 Å². The molecule has 0 N–H and O–H groups in total. The lowest BCUT2D eigenvalue weighted by atomic mass is 9.66. The summed E-state index contributed by atoms with van der Waals surface area (Å²) in [5.41, 5.74) is 1.10. The van der Waals surface area contributed by atoms with E-state index in [1.54, 1.807) is 6.92 Å². The molecule has 0 amide bonds. The third kappa shape index (κ3) is 1.60. The summed E-state index contributed by atoms with van der Waals surface area (Å²) in [6.07, 6.45) is 5.99. The van der Waals surface area contributed by atoms with Crippen molar-refractivity contribution in [3.63, 3.8) is 0 Å². The van der Waals surface area contributed by atoms with Crippen LogP contribution in [-0.2, 0) is 4.79 Å². The molecule has 0 fully saturated rings. The summed E-state index contributed by atoms with van der Waals surface area (Å²) in [6, 6.07) is 0. The largest absolute Gasteiger partial charge is 0.299 e. The Kier molecular flexibility index (Phi) is 2.74. The fourth-order valence-electron chi connectivity index (χ4n) is 2.22. The van der Waals surface area contributed by atoms with Crippen LogP contribution < -0.4 is 0 Å². The van der Waals surface area contributed by atoms with Gasteiger partial charge in [0.25, 0.3) is 0 Å². The average Bonchev–Trinajstić information content (AvgIpc) is 2.04. The summed E-state index contributed by atoms with van der Waals surface area (Å²) in [6.45, 7) is 9.71. The van der Waals surface area contributed by atoms with Crippen LogP contribution in [0.15, 0.2) is 24.3 Å². The molecule has 1 rings (SSSR count). The molecule has 0 aromatic heterocycles. The van der Waals surface area contributed by atoms with Gasteiger partial charge in [0.05, 0.1) is 5.41 Å². The number of Topliss-reactive ketones (excluding diaryl/α,β-unsaturated/α-hetero) is 1. The Morgan fingerprint density at radius 2 is 2.38 bits per heavy atom. The van der Waals surface area contributed by atoms with E-state index in [2.05, 4.69) is 26.5 Å². The molecule has 0 bridgehead atoms. The van der Waals surface area contributed by atoms with E-state index in [-0.39, 0.29) is 11.2 Å². The van der Waals surface area contributed by atoms with Crippen molar-refractivity contribution in [3.8, 4) is 0 Å². The van der Waals surface area contributed by atoms with Gasteiger partial charge in [0, 0.05) is 0 Å². The molecule has 0 aromatic rings. The molecule has 13 heavy (non-hydrogen) atoms. The van der Waals surface area contributed by atoms with E-state index in [4.69, 9.17) is 0 Å². The number of hydrogen-bond acceptors (Lipinski definition) is 1. The van der Waals surface area contributed by atoms with Crippen LogP contribution in [0.25, 0.3) is 0 Å². The molecule has 1 aliphatic carbocycles. The number of carbonyl (C=O) groups excluding carboxylic acids is 1. The minimum atomic E-state index is -0.292. The van der Waals surface area contributed by atoms with Crippen molar-refractivity contribution in [2.45, 2.75) is 33.6 Å². The smallest absolute Gasteiger partial charge is 0.140 e. The lowest BCUT2D eigenvalue weighted by Crippen LogP contribution is -2.35. The van der Waals surface area contributed by atoms with E-state index in [9.17, 15) is 4.79 Å². The van der Waals surface area contributed by atoms with Crippen molar-refractivity contribution in [1.29, 1.82) is 0 Å². The third-order valence-corrected chi connectivity index (χ3v) is 3.30. The zero-order valence-corrected chi connectivity index (χ0v) is 8.76. The maximum atomic E-state index is 11.6. The van der Waals surface area contributed by atoms with Gasteiger partial charge in [-0.05, 0) is 32.6 Å². The lowest BCUT2D eigenvalue weighted by molar-refractivity contribution is -0.126. The lowest BCUT2D eigenvalue weighted by Gasteiger charge is -2.36. The SMILES string of the molecule is C=CC1(C(C)=O)CCC(C)=CC1C. The third-order valence-electron chi connectivity index (χ3n) is 3.30. The Morgan fingerprint density at radius 3 is 2.77 bits per heavy atom. The zero-order valence-electron chi connectivity index (χ0n) is 8.76. The van der Waals surface area contributed by atoms with Crippen molar-refractivity contribution in [3.05, 3.63) is 24.3 Å². The zero-order chi connectivity index (χ0) is 10.1. The van der Waals surface area contributed by atoms with Crippen LogP contribution in [0.3, 0.4) is 0 Å². The second-order valence-electron chi connectivity index (χ2n) is 4.10. The molecule has 1 aliphatic rings. The van der Waals surface area contributed by atoms with Crippen molar-refractivity contribution in [2.75, 3.05) is 0 Å². The molecular formula is C12H18O. The summed E-state index contributed by atoms with van der Waals surface area (Å²) in [4.78, 5) is 11.6. The first kappa shape index (κ1) is 10.2. The fraction of sp³-hybridized carbons (Fsp3) is 0.583. The highest BCUT2D eigenvalue weighted by atomic mass is 16.1. The number of carbonyl (C=O) groups is 1. The first-order chi connectivity index (χ1) is 6.03. The minimum Gasteiger partial charge on any atom is -0.299 e. The summed E-state index contributed by atoms with van der Waals surface area (Å²) >= 11 is 0. The van der Waals surface area contributed by atoms with Gasteiger partial charge >= 0.3 is 0 Å². The predicted octanol–water partition coefficient (Wildman–Crippen LogP) is 3.12. The molecule has 2 unspecified atom stereocenters. The van der Waals surface area contributed by atoms with Gasteiger partial charge in [-0.15, -0.1) is 6.58 Å². The van der Waals surface area contributed by atoms with Crippen molar-refractivity contribution < 1.29 is 4.79 Å². The van der Waals surface area contributed by atoms with E-state index in [1.165, 1.54) is 5.57 Å². The van der Waals surface area contributed by atoms with Crippen molar-refractivity contribution in [2.24, 2.45) is 11.3 Å². The molecule has 1 heteroatoms. The highest BCUT2D eigenvalue weighted by molar-refractivity contribution is 5.85. The molecule has 0 aromatic carbocycles. The van der Waals surface area contributed by atoms with E-state index in [0.29, 0.717) is 5.92 Å². The first-order valence-corrected chi connectivity index (χ1v) is 4.85. The minimum absolute atomic E-state index is 0.249. The van der Waals surface area contributed by atoms with Gasteiger partial charge in [0.15, 0.2) is 0 Å². The maximum absolute atomic E-state index is 11.6. The van der Waals surface area contributed by atoms with Gasteiger partial charge in [-0.2, -0.15) is 0 Å². The Hall–Kier alpha value is -0.850. The molecule has 72 valence electrons. The van der Waals surface area contributed by atoms with Gasteiger partial charge in [-0.3, -0.25) is 4.79 Å². The van der Waals surface area contributed by atoms with Crippen LogP contribution in [0.4, 0.5) is 0 Å². The Bertz CT molecular complexity index is 262. The molecule has 0 aliphatic heterocycles. The molecule has 0 radical (unpaired) electrons. The van der Waals surface area contributed by atoms with Crippen LogP contribution in [-0.4, -0.2) is 5.78 Å². The summed E-state index contributed by atoms with van der Waals surface area (Å²) in [5, 5.41) is 0. The van der Waals surface area contributed by atoms with Crippen LogP contribution in [0, 0.1) is 11.3 Å². The van der Waals surface area contributed by atoms with Gasteiger partial charge in [0.2, 0.25) is 0 Å². The molecule has 0 saturated heterocycles. The highest BCUT2D eigenvalue weighted by Crippen LogP contribution is 2.41. The van der Waals surface area contributed by atoms with Crippen molar-refractivity contribution >= 4 is 5.78 Å². The maximum Gasteiger partial charge on any atom is 0.140 e. The highest BCUT2D eigenvalue weighted by Gasteiger charge is 2.38.